The second kappa shape index (κ2) is 9.26. The van der Waals surface area contributed by atoms with Gasteiger partial charge in [-0.2, -0.15) is 0 Å². The van der Waals surface area contributed by atoms with Gasteiger partial charge < -0.3 is 20.5 Å². The Bertz CT molecular complexity index is 928. The minimum atomic E-state index is -0.222. The van der Waals surface area contributed by atoms with E-state index >= 15 is 0 Å². The van der Waals surface area contributed by atoms with Gasteiger partial charge in [-0.15, -0.1) is 0 Å². The maximum atomic E-state index is 13.3. The van der Waals surface area contributed by atoms with E-state index in [1.165, 1.54) is 28.9 Å². The molecule has 0 unspecified atom stereocenters. The summed E-state index contributed by atoms with van der Waals surface area (Å²) in [6, 6.07) is 13.4. The van der Waals surface area contributed by atoms with Crippen molar-refractivity contribution >= 4 is 22.5 Å². The third-order valence-electron chi connectivity index (χ3n) is 4.80. The van der Waals surface area contributed by atoms with Crippen LogP contribution in [0.5, 0.6) is 0 Å². The summed E-state index contributed by atoms with van der Waals surface area (Å²) < 4.78 is 13.3. The number of hydrogen-bond donors (Lipinski definition) is 3. The van der Waals surface area contributed by atoms with Gasteiger partial charge in [0, 0.05) is 57.0 Å². The van der Waals surface area contributed by atoms with Crippen LogP contribution >= 0.6 is 0 Å². The summed E-state index contributed by atoms with van der Waals surface area (Å²) in [6.45, 7) is 1.56. The van der Waals surface area contributed by atoms with Gasteiger partial charge >= 0.3 is 0 Å². The zero-order valence-electron chi connectivity index (χ0n) is 16.7. The number of fused-ring (bicyclic) bond motifs is 1. The second-order valence-corrected chi connectivity index (χ2v) is 6.99. The van der Waals surface area contributed by atoms with Crippen molar-refractivity contribution in [2.24, 2.45) is 4.99 Å². The minimum absolute atomic E-state index is 0.222. The molecule has 3 rings (SSSR count). The Morgan fingerprint density at radius 2 is 1.75 bits per heavy atom. The van der Waals surface area contributed by atoms with Crippen LogP contribution in [0, 0.1) is 5.82 Å². The molecule has 148 valence electrons. The van der Waals surface area contributed by atoms with Gasteiger partial charge in [-0.25, -0.2) is 4.39 Å². The number of hydrogen-bond acceptors (Lipinski definition) is 2. The summed E-state index contributed by atoms with van der Waals surface area (Å²) in [6.07, 6.45) is 3.71. The third kappa shape index (κ3) is 5.03. The number of guanidine groups is 1. The largest absolute Gasteiger partial charge is 0.378 e. The normalized spacial score (nSPS) is 11.6. The highest BCUT2D eigenvalue weighted by Crippen LogP contribution is 2.19. The van der Waals surface area contributed by atoms with E-state index in [0.717, 1.165) is 42.8 Å². The molecular weight excluding hydrogens is 353 g/mol. The summed E-state index contributed by atoms with van der Waals surface area (Å²) >= 11 is 0. The molecule has 0 saturated heterocycles. The molecule has 0 bridgehead atoms. The van der Waals surface area contributed by atoms with Crippen molar-refractivity contribution in [3.8, 4) is 0 Å². The molecule has 0 aliphatic carbocycles. The predicted molar refractivity (Wildman–Crippen MR) is 116 cm³/mol. The summed E-state index contributed by atoms with van der Waals surface area (Å²) in [5.41, 5.74) is 4.49. The van der Waals surface area contributed by atoms with Gasteiger partial charge in [0.1, 0.15) is 5.82 Å². The number of aromatic nitrogens is 1. The Morgan fingerprint density at radius 1 is 1.04 bits per heavy atom. The van der Waals surface area contributed by atoms with Crippen molar-refractivity contribution in [2.75, 3.05) is 39.1 Å². The number of nitrogens with zero attached hydrogens (tertiary/aromatic N) is 2. The molecule has 6 heteroatoms. The van der Waals surface area contributed by atoms with E-state index in [1.807, 2.05) is 26.4 Å². The molecule has 0 aliphatic heterocycles. The van der Waals surface area contributed by atoms with Crippen LogP contribution in [0.2, 0.25) is 0 Å². The topological polar surface area (TPSA) is 55.5 Å². The summed E-state index contributed by atoms with van der Waals surface area (Å²) in [4.78, 5) is 9.50. The predicted octanol–water partition coefficient (Wildman–Crippen LogP) is 3.32. The number of halogens is 1. The lowest BCUT2D eigenvalue weighted by Crippen LogP contribution is -2.39. The zero-order chi connectivity index (χ0) is 19.9. The van der Waals surface area contributed by atoms with Crippen molar-refractivity contribution in [2.45, 2.75) is 12.8 Å². The lowest BCUT2D eigenvalue weighted by atomic mass is 10.1. The van der Waals surface area contributed by atoms with Crippen molar-refractivity contribution < 1.29 is 4.39 Å². The quantitative estimate of drug-likeness (QED) is 0.435. The average molecular weight is 381 g/mol. The maximum absolute atomic E-state index is 13.3. The Balaban J connectivity index is 1.44. The monoisotopic (exact) mass is 381 g/mol. The minimum Gasteiger partial charge on any atom is -0.378 e. The highest BCUT2D eigenvalue weighted by atomic mass is 19.1. The molecule has 1 heterocycles. The molecule has 0 fully saturated rings. The first-order valence-corrected chi connectivity index (χ1v) is 9.53. The molecule has 1 aromatic heterocycles. The van der Waals surface area contributed by atoms with E-state index in [9.17, 15) is 4.39 Å². The van der Waals surface area contributed by atoms with Gasteiger partial charge in [-0.3, -0.25) is 4.99 Å². The van der Waals surface area contributed by atoms with Gasteiger partial charge in [-0.05, 0) is 54.3 Å². The molecule has 0 spiro atoms. The Hall–Kier alpha value is -3.02. The first-order chi connectivity index (χ1) is 13.6. The first kappa shape index (κ1) is 19.7. The Morgan fingerprint density at radius 3 is 2.43 bits per heavy atom. The van der Waals surface area contributed by atoms with Gasteiger partial charge in [0.25, 0.3) is 0 Å². The van der Waals surface area contributed by atoms with Crippen molar-refractivity contribution in [3.63, 3.8) is 0 Å². The fourth-order valence-electron chi connectivity index (χ4n) is 3.19. The molecule has 0 radical (unpaired) electrons. The molecular formula is C22H28FN5. The maximum Gasteiger partial charge on any atom is 0.190 e. The number of H-pyrrole nitrogens is 1. The van der Waals surface area contributed by atoms with Gasteiger partial charge in [0.05, 0.1) is 0 Å². The average Bonchev–Trinajstić information content (AvgIpc) is 3.09. The van der Waals surface area contributed by atoms with Gasteiger partial charge in [0.15, 0.2) is 5.96 Å². The highest BCUT2D eigenvalue weighted by molar-refractivity contribution is 5.83. The van der Waals surface area contributed by atoms with Crippen molar-refractivity contribution in [1.29, 1.82) is 0 Å². The highest BCUT2D eigenvalue weighted by Gasteiger charge is 2.05. The second-order valence-electron chi connectivity index (χ2n) is 6.99. The standard InChI is InChI=1S/C22H28FN5/c1-24-22(25-12-10-16-4-7-19(8-5-16)28(2)3)26-13-11-17-15-27-21-14-18(23)6-9-20(17)21/h4-9,14-15,27H,10-13H2,1-3H3,(H2,24,25,26). The number of benzene rings is 2. The molecule has 0 atom stereocenters. The zero-order valence-corrected chi connectivity index (χ0v) is 16.7. The molecule has 0 saturated carbocycles. The Kier molecular flexibility index (Phi) is 6.53. The lowest BCUT2D eigenvalue weighted by molar-refractivity contribution is 0.629. The molecule has 0 aliphatic rings. The van der Waals surface area contributed by atoms with Crippen molar-refractivity contribution in [3.05, 3.63) is 65.6 Å². The molecule has 0 amide bonds. The van der Waals surface area contributed by atoms with Crippen LogP contribution in [0.4, 0.5) is 10.1 Å². The van der Waals surface area contributed by atoms with E-state index in [0.29, 0.717) is 0 Å². The van der Waals surface area contributed by atoms with E-state index in [-0.39, 0.29) is 5.82 Å². The van der Waals surface area contributed by atoms with Crippen molar-refractivity contribution in [1.82, 2.24) is 15.6 Å². The van der Waals surface area contributed by atoms with Crippen LogP contribution in [-0.2, 0) is 12.8 Å². The van der Waals surface area contributed by atoms with Crippen LogP contribution in [-0.4, -0.2) is 45.2 Å². The molecule has 3 N–H and O–H groups in total. The van der Waals surface area contributed by atoms with Crippen LogP contribution in [0.25, 0.3) is 10.9 Å². The number of rotatable bonds is 7. The molecule has 28 heavy (non-hydrogen) atoms. The molecule has 3 aromatic rings. The van der Waals surface area contributed by atoms with Gasteiger partial charge in [0.2, 0.25) is 0 Å². The summed E-state index contributed by atoms with van der Waals surface area (Å²) in [5, 5.41) is 7.75. The fraction of sp³-hybridized carbons (Fsp3) is 0.318. The van der Waals surface area contributed by atoms with Gasteiger partial charge in [-0.1, -0.05) is 12.1 Å². The number of nitrogens with one attached hydrogen (secondary N) is 3. The fourth-order valence-corrected chi connectivity index (χ4v) is 3.19. The lowest BCUT2D eigenvalue weighted by Gasteiger charge is -2.14. The van der Waals surface area contributed by atoms with Crippen LogP contribution in [0.1, 0.15) is 11.1 Å². The first-order valence-electron chi connectivity index (χ1n) is 9.53. The van der Waals surface area contributed by atoms with E-state index in [1.54, 1.807) is 7.05 Å². The van der Waals surface area contributed by atoms with E-state index in [2.05, 4.69) is 49.8 Å². The molecule has 5 nitrogen and oxygen atoms in total. The van der Waals surface area contributed by atoms with E-state index in [4.69, 9.17) is 0 Å². The summed E-state index contributed by atoms with van der Waals surface area (Å²) in [5.74, 6) is 0.566. The third-order valence-corrected chi connectivity index (χ3v) is 4.80. The van der Waals surface area contributed by atoms with Crippen LogP contribution in [0.3, 0.4) is 0 Å². The number of aliphatic imine (C=N–C) groups is 1. The van der Waals surface area contributed by atoms with Crippen LogP contribution in [0.15, 0.2) is 53.7 Å². The Labute approximate surface area is 165 Å². The van der Waals surface area contributed by atoms with E-state index < -0.39 is 0 Å². The summed E-state index contributed by atoms with van der Waals surface area (Å²) in [7, 11) is 5.86. The van der Waals surface area contributed by atoms with Crippen LogP contribution < -0.4 is 15.5 Å². The smallest absolute Gasteiger partial charge is 0.190 e. The molecule has 2 aromatic carbocycles. The number of aromatic amines is 1. The SMILES string of the molecule is CN=C(NCCc1ccc(N(C)C)cc1)NCCc1c[nH]c2cc(F)ccc12. The number of anilines is 1.